The zero-order chi connectivity index (χ0) is 16.8. The van der Waals surface area contributed by atoms with E-state index in [0.29, 0.717) is 0 Å². The van der Waals surface area contributed by atoms with Gasteiger partial charge in [-0.25, -0.2) is 0 Å². The minimum absolute atomic E-state index is 0.738. The Morgan fingerprint density at radius 2 is 1.17 bits per heavy atom. The fourth-order valence-corrected chi connectivity index (χ4v) is 3.37. The molecule has 0 fully saturated rings. The Kier molecular flexibility index (Phi) is 3.19. The average molecular weight is 320 g/mol. The summed E-state index contributed by atoms with van der Waals surface area (Å²) in [6.45, 7) is 0. The maximum atomic E-state index is 5.86. The number of aryl methyl sites for hydroxylation is 4. The number of aromatic nitrogens is 4. The Labute approximate surface area is 139 Å². The van der Waals surface area contributed by atoms with Crippen LogP contribution in [0, 0.1) is 0 Å². The summed E-state index contributed by atoms with van der Waals surface area (Å²) in [5.41, 5.74) is 17.5. The highest BCUT2D eigenvalue weighted by Gasteiger charge is 2.13. The molecule has 4 N–H and O–H groups in total. The minimum Gasteiger partial charge on any atom is -0.399 e. The highest BCUT2D eigenvalue weighted by molar-refractivity contribution is 5.86. The molecule has 4 aromatic rings. The van der Waals surface area contributed by atoms with E-state index in [1.54, 1.807) is 0 Å². The van der Waals surface area contributed by atoms with Crippen molar-refractivity contribution in [1.82, 2.24) is 19.6 Å². The van der Waals surface area contributed by atoms with Crippen molar-refractivity contribution < 1.29 is 0 Å². The van der Waals surface area contributed by atoms with Crippen molar-refractivity contribution in [1.29, 1.82) is 0 Å². The van der Waals surface area contributed by atoms with Crippen molar-refractivity contribution in [2.75, 3.05) is 11.5 Å². The first kappa shape index (κ1) is 14.6. The van der Waals surface area contributed by atoms with Crippen LogP contribution in [-0.4, -0.2) is 19.6 Å². The van der Waals surface area contributed by atoms with E-state index in [2.05, 4.69) is 22.3 Å². The molecular formula is C18H20N6. The monoisotopic (exact) mass is 320 g/mol. The summed E-state index contributed by atoms with van der Waals surface area (Å²) in [6, 6.07) is 11.8. The van der Waals surface area contributed by atoms with Gasteiger partial charge in [0, 0.05) is 47.6 Å². The van der Waals surface area contributed by atoms with E-state index < -0.39 is 0 Å². The molecule has 6 nitrogen and oxygen atoms in total. The molecule has 0 radical (unpaired) electrons. The number of nitrogens with two attached hydrogens (primary N) is 2. The Morgan fingerprint density at radius 3 is 1.58 bits per heavy atom. The van der Waals surface area contributed by atoms with Crippen LogP contribution in [0.2, 0.25) is 0 Å². The lowest BCUT2D eigenvalue weighted by Gasteiger charge is -2.05. The summed E-state index contributed by atoms with van der Waals surface area (Å²) in [7, 11) is 3.96. The second kappa shape index (κ2) is 5.26. The van der Waals surface area contributed by atoms with Crippen LogP contribution in [-0.2, 0) is 26.9 Å². The molecule has 0 spiro atoms. The summed E-state index contributed by atoms with van der Waals surface area (Å²) in [5.74, 6) is 0. The van der Waals surface area contributed by atoms with Crippen LogP contribution < -0.4 is 11.5 Å². The largest absolute Gasteiger partial charge is 0.399 e. The number of nitrogen functional groups attached to an aromatic ring is 2. The number of nitrogens with zero attached hydrogens (tertiary/aromatic N) is 4. The van der Waals surface area contributed by atoms with E-state index in [4.69, 9.17) is 11.5 Å². The Balaban J connectivity index is 1.71. The van der Waals surface area contributed by atoms with Crippen molar-refractivity contribution in [2.24, 2.45) is 14.1 Å². The van der Waals surface area contributed by atoms with E-state index in [9.17, 15) is 0 Å². The van der Waals surface area contributed by atoms with E-state index in [0.717, 1.165) is 46.0 Å². The van der Waals surface area contributed by atoms with E-state index in [1.165, 1.54) is 11.4 Å². The summed E-state index contributed by atoms with van der Waals surface area (Å²) in [4.78, 5) is 0. The molecule has 0 bridgehead atoms. The third-order valence-electron chi connectivity index (χ3n) is 4.56. The number of benzene rings is 2. The van der Waals surface area contributed by atoms with Crippen LogP contribution in [0.1, 0.15) is 11.4 Å². The molecule has 0 saturated heterocycles. The van der Waals surface area contributed by atoms with Gasteiger partial charge in [-0.2, -0.15) is 10.2 Å². The standard InChI is InChI=1S/C18H20N6/c1-23-17(13-5-3-11(19)9-15(13)21-23)7-8-18-14-6-4-12(20)10-16(14)22-24(18)2/h3-6,9-10H,7-8,19-20H2,1-2H3. The Bertz CT molecular complexity index is 970. The molecule has 0 amide bonds. The lowest BCUT2D eigenvalue weighted by Crippen LogP contribution is -2.04. The van der Waals surface area contributed by atoms with Gasteiger partial charge in [-0.05, 0) is 49.2 Å². The third kappa shape index (κ3) is 2.27. The van der Waals surface area contributed by atoms with Gasteiger partial charge in [0.15, 0.2) is 0 Å². The maximum Gasteiger partial charge on any atom is 0.0946 e. The maximum absolute atomic E-state index is 5.86. The summed E-state index contributed by atoms with van der Waals surface area (Å²) >= 11 is 0. The number of fused-ring (bicyclic) bond motifs is 2. The molecule has 0 atom stereocenters. The van der Waals surface area contributed by atoms with Crippen molar-refractivity contribution in [2.45, 2.75) is 12.8 Å². The van der Waals surface area contributed by atoms with E-state index in [1.807, 2.05) is 47.7 Å². The van der Waals surface area contributed by atoms with Crippen molar-refractivity contribution >= 4 is 33.2 Å². The van der Waals surface area contributed by atoms with Crippen LogP contribution in [0.5, 0.6) is 0 Å². The highest BCUT2D eigenvalue weighted by atomic mass is 15.3. The third-order valence-corrected chi connectivity index (χ3v) is 4.56. The fourth-order valence-electron chi connectivity index (χ4n) is 3.37. The van der Waals surface area contributed by atoms with E-state index >= 15 is 0 Å². The topological polar surface area (TPSA) is 87.7 Å². The molecule has 0 aliphatic rings. The highest BCUT2D eigenvalue weighted by Crippen LogP contribution is 2.25. The quantitative estimate of drug-likeness (QED) is 0.567. The van der Waals surface area contributed by atoms with Gasteiger partial charge in [-0.15, -0.1) is 0 Å². The molecule has 24 heavy (non-hydrogen) atoms. The first-order chi connectivity index (χ1) is 11.5. The Hall–Kier alpha value is -3.02. The first-order valence-corrected chi connectivity index (χ1v) is 7.95. The molecule has 0 aliphatic heterocycles. The summed E-state index contributed by atoms with van der Waals surface area (Å²) in [6.07, 6.45) is 1.77. The van der Waals surface area contributed by atoms with Crippen LogP contribution >= 0.6 is 0 Å². The van der Waals surface area contributed by atoms with Gasteiger partial charge in [-0.3, -0.25) is 9.36 Å². The second-order valence-electron chi connectivity index (χ2n) is 6.19. The summed E-state index contributed by atoms with van der Waals surface area (Å²) < 4.78 is 3.89. The van der Waals surface area contributed by atoms with Gasteiger partial charge in [0.05, 0.1) is 11.0 Å². The predicted octanol–water partition coefficient (Wildman–Crippen LogP) is 2.41. The van der Waals surface area contributed by atoms with Crippen LogP contribution in [0.4, 0.5) is 11.4 Å². The van der Waals surface area contributed by atoms with Gasteiger partial charge in [0.1, 0.15) is 0 Å². The molecule has 0 aliphatic carbocycles. The first-order valence-electron chi connectivity index (χ1n) is 7.95. The minimum atomic E-state index is 0.738. The van der Waals surface area contributed by atoms with Gasteiger partial charge in [0.2, 0.25) is 0 Å². The smallest absolute Gasteiger partial charge is 0.0946 e. The molecule has 0 unspecified atom stereocenters. The molecule has 0 saturated carbocycles. The summed E-state index contributed by atoms with van der Waals surface area (Å²) in [5, 5.41) is 11.4. The molecule has 2 heterocycles. The second-order valence-corrected chi connectivity index (χ2v) is 6.19. The number of anilines is 2. The van der Waals surface area contributed by atoms with Crippen LogP contribution in [0.25, 0.3) is 21.8 Å². The van der Waals surface area contributed by atoms with Crippen LogP contribution in [0.15, 0.2) is 36.4 Å². The molecule has 122 valence electrons. The van der Waals surface area contributed by atoms with Gasteiger partial charge in [0.25, 0.3) is 0 Å². The zero-order valence-electron chi connectivity index (χ0n) is 13.8. The molecule has 4 rings (SSSR count). The molecular weight excluding hydrogens is 300 g/mol. The number of hydrogen-bond donors (Lipinski definition) is 2. The lowest BCUT2D eigenvalue weighted by molar-refractivity contribution is 0.677. The lowest BCUT2D eigenvalue weighted by atomic mass is 10.1. The molecule has 2 aromatic carbocycles. The average Bonchev–Trinajstić information content (AvgIpc) is 3.00. The zero-order valence-corrected chi connectivity index (χ0v) is 13.8. The van der Waals surface area contributed by atoms with Gasteiger partial charge in [-0.1, -0.05) is 0 Å². The Morgan fingerprint density at radius 1 is 0.750 bits per heavy atom. The SMILES string of the molecule is Cn1nc2cc(N)ccc2c1CCc1c2ccc(N)cc2nn1C. The van der Waals surface area contributed by atoms with Gasteiger partial charge >= 0.3 is 0 Å². The van der Waals surface area contributed by atoms with Gasteiger partial charge < -0.3 is 11.5 Å². The van der Waals surface area contributed by atoms with E-state index in [-0.39, 0.29) is 0 Å². The fraction of sp³-hybridized carbons (Fsp3) is 0.222. The normalized spacial score (nSPS) is 11.6. The molecule has 6 heteroatoms. The molecule has 2 aromatic heterocycles. The predicted molar refractivity (Wildman–Crippen MR) is 97.7 cm³/mol. The van der Waals surface area contributed by atoms with Crippen molar-refractivity contribution in [3.05, 3.63) is 47.8 Å². The van der Waals surface area contributed by atoms with Crippen molar-refractivity contribution in [3.8, 4) is 0 Å². The number of hydrogen-bond acceptors (Lipinski definition) is 4. The number of rotatable bonds is 3. The van der Waals surface area contributed by atoms with Crippen LogP contribution in [0.3, 0.4) is 0 Å². The van der Waals surface area contributed by atoms with Crippen molar-refractivity contribution in [3.63, 3.8) is 0 Å².